The molecule has 0 spiro atoms. The Kier molecular flexibility index (Phi) is 6.26. The Bertz CT molecular complexity index is 1260. The quantitative estimate of drug-likeness (QED) is 0.536. The van der Waals surface area contributed by atoms with Crippen LogP contribution < -0.4 is 9.47 Å². The molecule has 0 saturated heterocycles. The van der Waals surface area contributed by atoms with Gasteiger partial charge in [-0.3, -0.25) is 0 Å². The zero-order valence-corrected chi connectivity index (χ0v) is 19.7. The predicted octanol–water partition coefficient (Wildman–Crippen LogP) is 4.09. The first-order chi connectivity index (χ1) is 15.3. The van der Waals surface area contributed by atoms with Gasteiger partial charge in [-0.25, -0.2) is 13.4 Å². The van der Waals surface area contributed by atoms with Gasteiger partial charge >= 0.3 is 0 Å². The Morgan fingerprint density at radius 2 is 1.78 bits per heavy atom. The van der Waals surface area contributed by atoms with E-state index in [1.54, 1.807) is 18.5 Å². The first-order valence-corrected chi connectivity index (χ1v) is 12.3. The molecule has 3 aromatic rings. The smallest absolute Gasteiger partial charge is 0.214 e. The summed E-state index contributed by atoms with van der Waals surface area (Å²) in [6, 6.07) is 9.78. The largest absolute Gasteiger partial charge is 0.493 e. The van der Waals surface area contributed by atoms with Gasteiger partial charge in [0.15, 0.2) is 11.5 Å². The fourth-order valence-electron chi connectivity index (χ4n) is 4.01. The van der Waals surface area contributed by atoms with Crippen LogP contribution >= 0.6 is 0 Å². The number of sulfonamides is 1. The third-order valence-corrected chi connectivity index (χ3v) is 7.82. The van der Waals surface area contributed by atoms with E-state index in [2.05, 4.69) is 6.20 Å². The normalized spacial score (nSPS) is 15.2. The number of methoxy groups -OCH3 is 2. The summed E-state index contributed by atoms with van der Waals surface area (Å²) in [5, 5.41) is 0. The number of pyridine rings is 1. The van der Waals surface area contributed by atoms with Crippen molar-refractivity contribution in [2.45, 2.75) is 20.3 Å². The van der Waals surface area contributed by atoms with Gasteiger partial charge < -0.3 is 13.9 Å². The van der Waals surface area contributed by atoms with Crippen LogP contribution in [0, 0.1) is 5.92 Å². The molecule has 170 valence electrons. The maximum absolute atomic E-state index is 12.5. The zero-order chi connectivity index (χ0) is 22.9. The van der Waals surface area contributed by atoms with Gasteiger partial charge in [0.1, 0.15) is 5.65 Å². The number of hydrogen-bond acceptors (Lipinski definition) is 5. The van der Waals surface area contributed by atoms with Gasteiger partial charge in [-0.05, 0) is 53.8 Å². The maximum Gasteiger partial charge on any atom is 0.214 e. The lowest BCUT2D eigenvalue weighted by Gasteiger charge is -2.26. The minimum absolute atomic E-state index is 0.119. The zero-order valence-electron chi connectivity index (χ0n) is 18.9. The van der Waals surface area contributed by atoms with Crippen molar-refractivity contribution < 1.29 is 17.9 Å². The average Bonchev–Trinajstić information content (AvgIpc) is 3.21. The van der Waals surface area contributed by atoms with E-state index in [0.29, 0.717) is 31.0 Å². The third-order valence-electron chi connectivity index (χ3n) is 5.61. The second-order valence-corrected chi connectivity index (χ2v) is 10.4. The molecule has 1 aliphatic rings. The van der Waals surface area contributed by atoms with E-state index >= 15 is 0 Å². The van der Waals surface area contributed by atoms with Crippen molar-refractivity contribution in [2.24, 2.45) is 5.92 Å². The lowest BCUT2D eigenvalue weighted by molar-refractivity contribution is 0.355. The number of imidazole rings is 1. The summed E-state index contributed by atoms with van der Waals surface area (Å²) in [6.45, 7) is 4.79. The van der Waals surface area contributed by atoms with Crippen LogP contribution in [0.4, 0.5) is 0 Å². The van der Waals surface area contributed by atoms with Gasteiger partial charge in [0.25, 0.3) is 0 Å². The number of aromatic nitrogens is 2. The molecule has 1 aliphatic heterocycles. The van der Waals surface area contributed by atoms with Gasteiger partial charge in [-0.1, -0.05) is 19.9 Å². The minimum atomic E-state index is -3.21. The van der Waals surface area contributed by atoms with Gasteiger partial charge in [0.2, 0.25) is 10.0 Å². The van der Waals surface area contributed by atoms with E-state index in [0.717, 1.165) is 28.0 Å². The number of nitrogens with zero attached hydrogens (tertiary/aromatic N) is 3. The van der Waals surface area contributed by atoms with Crippen LogP contribution in [0.3, 0.4) is 0 Å². The molecule has 0 fully saturated rings. The van der Waals surface area contributed by atoms with Crippen molar-refractivity contribution in [1.29, 1.82) is 0 Å². The topological polar surface area (TPSA) is 73.1 Å². The number of rotatable bonds is 7. The fourth-order valence-corrected chi connectivity index (χ4v) is 5.73. The Morgan fingerprint density at radius 3 is 2.44 bits per heavy atom. The SMILES string of the molecule is COc1ccc(-c2cn3cc(C4=CCN(S(=O)(=O)CC(C)C)CC4)ccc3n2)cc1OC. The van der Waals surface area contributed by atoms with Crippen LogP contribution in [0.5, 0.6) is 11.5 Å². The van der Waals surface area contributed by atoms with E-state index in [1.807, 2.05) is 60.9 Å². The van der Waals surface area contributed by atoms with E-state index in [-0.39, 0.29) is 11.7 Å². The summed E-state index contributed by atoms with van der Waals surface area (Å²) in [5.74, 6) is 1.65. The molecule has 8 heteroatoms. The summed E-state index contributed by atoms with van der Waals surface area (Å²) >= 11 is 0. The highest BCUT2D eigenvalue weighted by Crippen LogP contribution is 2.32. The molecular weight excluding hydrogens is 426 g/mol. The summed E-state index contributed by atoms with van der Waals surface area (Å²) in [7, 11) is 0.0230. The highest BCUT2D eigenvalue weighted by molar-refractivity contribution is 7.89. The van der Waals surface area contributed by atoms with Gasteiger partial charge in [0.05, 0.1) is 25.7 Å². The van der Waals surface area contributed by atoms with E-state index in [1.165, 1.54) is 0 Å². The molecule has 0 atom stereocenters. The lowest BCUT2D eigenvalue weighted by atomic mass is 10.0. The van der Waals surface area contributed by atoms with Crippen molar-refractivity contribution in [1.82, 2.24) is 13.7 Å². The molecule has 3 heterocycles. The molecule has 0 aliphatic carbocycles. The Balaban J connectivity index is 1.58. The number of ether oxygens (including phenoxy) is 2. The monoisotopic (exact) mass is 455 g/mol. The first-order valence-electron chi connectivity index (χ1n) is 10.7. The van der Waals surface area contributed by atoms with Crippen LogP contribution in [0.2, 0.25) is 0 Å². The molecule has 7 nitrogen and oxygen atoms in total. The highest BCUT2D eigenvalue weighted by Gasteiger charge is 2.25. The molecule has 0 bridgehead atoms. The number of benzene rings is 1. The first kappa shape index (κ1) is 22.4. The molecular formula is C24H29N3O4S. The summed E-state index contributed by atoms with van der Waals surface area (Å²) in [4.78, 5) is 4.73. The molecule has 2 aromatic heterocycles. The standard InChI is InChI=1S/C24H29N3O4S/c1-17(2)16-32(28,29)27-11-9-18(10-12-27)20-6-8-24-25-21(15-26(24)14-20)19-5-7-22(30-3)23(13-19)31-4/h5-9,13-15,17H,10-12,16H2,1-4H3. The van der Waals surface area contributed by atoms with Crippen molar-refractivity contribution in [3.63, 3.8) is 0 Å². The van der Waals surface area contributed by atoms with Crippen LogP contribution in [0.25, 0.3) is 22.5 Å². The third kappa shape index (κ3) is 4.52. The second kappa shape index (κ2) is 8.96. The molecule has 0 saturated carbocycles. The van der Waals surface area contributed by atoms with Crippen LogP contribution in [0.1, 0.15) is 25.8 Å². The Morgan fingerprint density at radius 1 is 1.03 bits per heavy atom. The van der Waals surface area contributed by atoms with Crippen molar-refractivity contribution in [2.75, 3.05) is 33.1 Å². The summed E-state index contributed by atoms with van der Waals surface area (Å²) in [6.07, 6.45) is 6.76. The fraction of sp³-hybridized carbons (Fsp3) is 0.375. The molecule has 32 heavy (non-hydrogen) atoms. The molecule has 4 rings (SSSR count). The van der Waals surface area contributed by atoms with E-state index in [4.69, 9.17) is 14.5 Å². The average molecular weight is 456 g/mol. The number of hydrogen-bond donors (Lipinski definition) is 0. The summed E-state index contributed by atoms with van der Waals surface area (Å²) in [5.41, 5.74) is 4.86. The maximum atomic E-state index is 12.5. The lowest BCUT2D eigenvalue weighted by Crippen LogP contribution is -2.37. The molecule has 0 unspecified atom stereocenters. The molecule has 0 radical (unpaired) electrons. The Labute approximate surface area is 189 Å². The van der Waals surface area contributed by atoms with E-state index in [9.17, 15) is 8.42 Å². The van der Waals surface area contributed by atoms with Crippen molar-refractivity contribution >= 4 is 21.2 Å². The minimum Gasteiger partial charge on any atom is -0.493 e. The van der Waals surface area contributed by atoms with Crippen molar-refractivity contribution in [3.05, 3.63) is 54.4 Å². The van der Waals surface area contributed by atoms with Crippen LogP contribution in [0.15, 0.2) is 48.8 Å². The Hall–Kier alpha value is -2.84. The predicted molar refractivity (Wildman–Crippen MR) is 127 cm³/mol. The molecule has 1 aromatic carbocycles. The number of fused-ring (bicyclic) bond motifs is 1. The molecule has 0 N–H and O–H groups in total. The molecule has 0 amide bonds. The van der Waals surface area contributed by atoms with Gasteiger partial charge in [-0.15, -0.1) is 0 Å². The summed E-state index contributed by atoms with van der Waals surface area (Å²) < 4.78 is 39.3. The van der Waals surface area contributed by atoms with Gasteiger partial charge in [0, 0.05) is 31.0 Å². The van der Waals surface area contributed by atoms with Gasteiger partial charge in [-0.2, -0.15) is 4.31 Å². The second-order valence-electron chi connectivity index (χ2n) is 8.39. The van der Waals surface area contributed by atoms with Crippen molar-refractivity contribution in [3.8, 4) is 22.8 Å². The van der Waals surface area contributed by atoms with E-state index < -0.39 is 10.0 Å². The van der Waals surface area contributed by atoms with Crippen LogP contribution in [-0.2, 0) is 10.0 Å². The highest BCUT2D eigenvalue weighted by atomic mass is 32.2. The van der Waals surface area contributed by atoms with Crippen LogP contribution in [-0.4, -0.2) is 55.2 Å².